The number of halogens is 3. The third-order valence-electron chi connectivity index (χ3n) is 2.26. The largest absolute Gasteiger partial charge is 0.454 e. The molecule has 0 unspecified atom stereocenters. The summed E-state index contributed by atoms with van der Waals surface area (Å²) in [5.74, 6) is -5.11. The SMILES string of the molecule is O=[N+]([O-])c1cccc(Oc2ccc(F)c(F)c2F)c1. The van der Waals surface area contributed by atoms with E-state index in [9.17, 15) is 23.3 Å². The summed E-state index contributed by atoms with van der Waals surface area (Å²) in [5, 5.41) is 10.5. The molecule has 0 bridgehead atoms. The molecule has 98 valence electrons. The maximum Gasteiger partial charge on any atom is 0.273 e. The molecule has 0 fully saturated rings. The number of non-ortho nitro benzene ring substituents is 1. The van der Waals surface area contributed by atoms with Gasteiger partial charge in [-0.3, -0.25) is 10.1 Å². The minimum Gasteiger partial charge on any atom is -0.454 e. The molecule has 2 rings (SSSR count). The third-order valence-corrected chi connectivity index (χ3v) is 2.26. The fourth-order valence-electron chi connectivity index (χ4n) is 1.37. The standard InChI is InChI=1S/C12H6F3NO3/c13-9-4-5-10(12(15)11(9)14)19-8-3-1-2-7(6-8)16(17)18/h1-6H. The Bertz CT molecular complexity index is 646. The molecule has 0 saturated carbocycles. The van der Waals surface area contributed by atoms with Crippen LogP contribution < -0.4 is 4.74 Å². The molecular formula is C12H6F3NO3. The zero-order chi connectivity index (χ0) is 14.0. The summed E-state index contributed by atoms with van der Waals surface area (Å²) < 4.78 is 44.0. The lowest BCUT2D eigenvalue weighted by Crippen LogP contribution is -1.95. The molecule has 0 N–H and O–H groups in total. The van der Waals surface area contributed by atoms with Gasteiger partial charge >= 0.3 is 0 Å². The predicted octanol–water partition coefficient (Wildman–Crippen LogP) is 3.80. The first-order valence-electron chi connectivity index (χ1n) is 5.05. The Balaban J connectivity index is 2.34. The maximum atomic E-state index is 13.3. The van der Waals surface area contributed by atoms with E-state index in [0.29, 0.717) is 6.07 Å². The van der Waals surface area contributed by atoms with Gasteiger partial charge in [0.25, 0.3) is 5.69 Å². The van der Waals surface area contributed by atoms with Gasteiger partial charge in [-0.15, -0.1) is 0 Å². The molecule has 0 aliphatic carbocycles. The van der Waals surface area contributed by atoms with Crippen molar-refractivity contribution in [1.29, 1.82) is 0 Å². The molecule has 2 aromatic rings. The predicted molar refractivity (Wildman–Crippen MR) is 59.5 cm³/mol. The van der Waals surface area contributed by atoms with E-state index in [1.54, 1.807) is 0 Å². The molecule has 19 heavy (non-hydrogen) atoms. The average Bonchev–Trinajstić information content (AvgIpc) is 2.40. The summed E-state index contributed by atoms with van der Waals surface area (Å²) in [4.78, 5) is 9.88. The van der Waals surface area contributed by atoms with Gasteiger partial charge in [0, 0.05) is 6.07 Å². The van der Waals surface area contributed by atoms with Gasteiger partial charge in [0.1, 0.15) is 5.75 Å². The third kappa shape index (κ3) is 2.65. The van der Waals surface area contributed by atoms with E-state index in [1.807, 2.05) is 0 Å². The van der Waals surface area contributed by atoms with Crippen LogP contribution in [0.1, 0.15) is 0 Å². The molecule has 0 aliphatic rings. The molecule has 0 saturated heterocycles. The second-order valence-electron chi connectivity index (χ2n) is 3.53. The van der Waals surface area contributed by atoms with Crippen molar-refractivity contribution < 1.29 is 22.8 Å². The van der Waals surface area contributed by atoms with Gasteiger partial charge < -0.3 is 4.74 Å². The van der Waals surface area contributed by atoms with Crippen LogP contribution in [0.25, 0.3) is 0 Å². The molecule has 7 heteroatoms. The number of ether oxygens (including phenoxy) is 1. The summed E-state index contributed by atoms with van der Waals surface area (Å²) in [6.07, 6.45) is 0. The molecular weight excluding hydrogens is 263 g/mol. The van der Waals surface area contributed by atoms with Gasteiger partial charge in [0.05, 0.1) is 11.0 Å². The Labute approximate surface area is 105 Å². The summed E-state index contributed by atoms with van der Waals surface area (Å²) in [7, 11) is 0. The van der Waals surface area contributed by atoms with E-state index in [-0.39, 0.29) is 11.4 Å². The first kappa shape index (κ1) is 12.9. The second kappa shape index (κ2) is 4.97. The average molecular weight is 269 g/mol. The molecule has 0 aromatic heterocycles. The topological polar surface area (TPSA) is 52.4 Å². The number of nitro groups is 1. The Hall–Kier alpha value is -2.57. The van der Waals surface area contributed by atoms with Crippen LogP contribution in [0, 0.1) is 27.6 Å². The van der Waals surface area contributed by atoms with Gasteiger partial charge in [-0.05, 0) is 18.2 Å². The van der Waals surface area contributed by atoms with Gasteiger partial charge in [-0.1, -0.05) is 6.07 Å². The molecule has 4 nitrogen and oxygen atoms in total. The summed E-state index contributed by atoms with van der Waals surface area (Å²) in [5.41, 5.74) is -0.263. The van der Waals surface area contributed by atoms with E-state index < -0.39 is 28.1 Å². The van der Waals surface area contributed by atoms with Gasteiger partial charge in [0.2, 0.25) is 5.82 Å². The van der Waals surface area contributed by atoms with E-state index in [0.717, 1.165) is 12.1 Å². The van der Waals surface area contributed by atoms with Crippen molar-refractivity contribution >= 4 is 5.69 Å². The normalized spacial score (nSPS) is 10.3. The lowest BCUT2D eigenvalue weighted by Gasteiger charge is -2.07. The van der Waals surface area contributed by atoms with Gasteiger partial charge in [0.15, 0.2) is 17.4 Å². The van der Waals surface area contributed by atoms with Crippen LogP contribution in [0.4, 0.5) is 18.9 Å². The molecule has 0 aliphatic heterocycles. The fraction of sp³-hybridized carbons (Fsp3) is 0. The number of nitro benzene ring substituents is 1. The second-order valence-corrected chi connectivity index (χ2v) is 3.53. The summed E-state index contributed by atoms with van der Waals surface area (Å²) >= 11 is 0. The minimum absolute atomic E-state index is 0.0564. The van der Waals surface area contributed by atoms with Crippen molar-refractivity contribution in [3.8, 4) is 11.5 Å². The van der Waals surface area contributed by atoms with Crippen molar-refractivity contribution in [1.82, 2.24) is 0 Å². The van der Waals surface area contributed by atoms with Crippen molar-refractivity contribution in [3.63, 3.8) is 0 Å². The Morgan fingerprint density at radius 1 is 1.05 bits per heavy atom. The number of hydrogen-bond acceptors (Lipinski definition) is 3. The van der Waals surface area contributed by atoms with E-state index in [4.69, 9.17) is 4.74 Å². The van der Waals surface area contributed by atoms with Crippen molar-refractivity contribution in [2.75, 3.05) is 0 Å². The Kier molecular flexibility index (Phi) is 3.37. The highest BCUT2D eigenvalue weighted by Gasteiger charge is 2.16. The molecule has 2 aromatic carbocycles. The van der Waals surface area contributed by atoms with Crippen molar-refractivity contribution in [2.24, 2.45) is 0 Å². The van der Waals surface area contributed by atoms with E-state index >= 15 is 0 Å². The molecule has 0 spiro atoms. The Morgan fingerprint density at radius 2 is 1.79 bits per heavy atom. The Morgan fingerprint density at radius 3 is 2.47 bits per heavy atom. The zero-order valence-corrected chi connectivity index (χ0v) is 9.27. The van der Waals surface area contributed by atoms with Crippen LogP contribution in [0.5, 0.6) is 11.5 Å². The van der Waals surface area contributed by atoms with Crippen LogP contribution in [0.3, 0.4) is 0 Å². The van der Waals surface area contributed by atoms with E-state index in [1.165, 1.54) is 18.2 Å². The van der Waals surface area contributed by atoms with Crippen molar-refractivity contribution in [3.05, 3.63) is 64.0 Å². The highest BCUT2D eigenvalue weighted by atomic mass is 19.2. The highest BCUT2D eigenvalue weighted by Crippen LogP contribution is 2.29. The number of hydrogen-bond donors (Lipinski definition) is 0. The van der Waals surface area contributed by atoms with Crippen LogP contribution >= 0.6 is 0 Å². The summed E-state index contributed by atoms with van der Waals surface area (Å²) in [6, 6.07) is 6.51. The maximum absolute atomic E-state index is 13.3. The monoisotopic (exact) mass is 269 g/mol. The quantitative estimate of drug-likeness (QED) is 0.483. The fourth-order valence-corrected chi connectivity index (χ4v) is 1.37. The van der Waals surface area contributed by atoms with Crippen LogP contribution in [0.2, 0.25) is 0 Å². The van der Waals surface area contributed by atoms with Gasteiger partial charge in [-0.2, -0.15) is 4.39 Å². The van der Waals surface area contributed by atoms with Gasteiger partial charge in [-0.25, -0.2) is 8.78 Å². The van der Waals surface area contributed by atoms with Crippen LogP contribution in [-0.2, 0) is 0 Å². The zero-order valence-electron chi connectivity index (χ0n) is 9.27. The molecule has 0 radical (unpaired) electrons. The first-order valence-corrected chi connectivity index (χ1v) is 5.05. The molecule has 0 atom stereocenters. The smallest absolute Gasteiger partial charge is 0.273 e. The minimum atomic E-state index is -1.66. The number of nitrogens with zero attached hydrogens (tertiary/aromatic N) is 1. The summed E-state index contributed by atoms with van der Waals surface area (Å²) in [6.45, 7) is 0. The lowest BCUT2D eigenvalue weighted by atomic mass is 10.3. The lowest BCUT2D eigenvalue weighted by molar-refractivity contribution is -0.384. The van der Waals surface area contributed by atoms with E-state index in [2.05, 4.69) is 0 Å². The number of rotatable bonds is 3. The van der Waals surface area contributed by atoms with Crippen LogP contribution in [-0.4, -0.2) is 4.92 Å². The van der Waals surface area contributed by atoms with Crippen molar-refractivity contribution in [2.45, 2.75) is 0 Å². The highest BCUT2D eigenvalue weighted by molar-refractivity contribution is 5.41. The number of benzene rings is 2. The molecule has 0 heterocycles. The molecule has 0 amide bonds. The van der Waals surface area contributed by atoms with Crippen LogP contribution in [0.15, 0.2) is 36.4 Å². The first-order chi connectivity index (χ1) is 8.99.